The molecule has 0 fully saturated rings. The fourth-order valence-electron chi connectivity index (χ4n) is 2.00. The molecule has 0 unspecified atom stereocenters. The number of hydrogen-bond donors (Lipinski definition) is 0. The van der Waals surface area contributed by atoms with Crippen molar-refractivity contribution in [3.05, 3.63) is 47.2 Å². The van der Waals surface area contributed by atoms with Crippen LogP contribution < -0.4 is 0 Å². The highest BCUT2D eigenvalue weighted by atomic mass is 35.5. The van der Waals surface area contributed by atoms with E-state index in [4.69, 9.17) is 16.0 Å². The van der Waals surface area contributed by atoms with E-state index < -0.39 is 0 Å². The van der Waals surface area contributed by atoms with Crippen molar-refractivity contribution in [3.8, 4) is 11.6 Å². The van der Waals surface area contributed by atoms with Gasteiger partial charge in [-0.15, -0.1) is 0 Å². The van der Waals surface area contributed by atoms with Gasteiger partial charge in [0.25, 0.3) is 0 Å². The molecule has 0 atom stereocenters. The number of benzene rings is 1. The molecular formula is C16H15ClN2O. The Morgan fingerprint density at radius 3 is 2.50 bits per heavy atom. The van der Waals surface area contributed by atoms with Crippen molar-refractivity contribution in [2.24, 2.45) is 0 Å². The van der Waals surface area contributed by atoms with Crippen LogP contribution in [-0.4, -0.2) is 9.97 Å². The van der Waals surface area contributed by atoms with Gasteiger partial charge in [-0.1, -0.05) is 50.6 Å². The molecule has 2 aromatic heterocycles. The topological polar surface area (TPSA) is 38.9 Å². The Hall–Kier alpha value is -1.87. The van der Waals surface area contributed by atoms with E-state index in [1.807, 2.05) is 30.3 Å². The Bertz CT molecular complexity index is 738. The van der Waals surface area contributed by atoms with E-state index in [0.717, 1.165) is 16.7 Å². The lowest BCUT2D eigenvalue weighted by molar-refractivity contribution is 0.564. The summed E-state index contributed by atoms with van der Waals surface area (Å²) < 4.78 is 5.79. The van der Waals surface area contributed by atoms with Gasteiger partial charge in [0.2, 0.25) is 0 Å². The summed E-state index contributed by atoms with van der Waals surface area (Å²) in [6.45, 7) is 6.27. The molecule has 0 aliphatic rings. The van der Waals surface area contributed by atoms with Crippen LogP contribution in [0.2, 0.25) is 5.15 Å². The van der Waals surface area contributed by atoms with Gasteiger partial charge >= 0.3 is 0 Å². The zero-order valence-corrected chi connectivity index (χ0v) is 12.4. The van der Waals surface area contributed by atoms with E-state index in [-0.39, 0.29) is 5.41 Å². The lowest BCUT2D eigenvalue weighted by Crippen LogP contribution is -2.14. The van der Waals surface area contributed by atoms with Crippen LogP contribution in [0.3, 0.4) is 0 Å². The van der Waals surface area contributed by atoms with Crippen LogP contribution >= 0.6 is 11.6 Å². The van der Waals surface area contributed by atoms with E-state index in [9.17, 15) is 0 Å². The summed E-state index contributed by atoms with van der Waals surface area (Å²) >= 11 is 6.11. The summed E-state index contributed by atoms with van der Waals surface area (Å²) in [6, 6.07) is 11.6. The second-order valence-electron chi connectivity index (χ2n) is 5.80. The predicted molar refractivity (Wildman–Crippen MR) is 81.0 cm³/mol. The van der Waals surface area contributed by atoms with E-state index in [0.29, 0.717) is 16.7 Å². The third-order valence-corrected chi connectivity index (χ3v) is 3.30. The number of fused-ring (bicyclic) bond motifs is 1. The van der Waals surface area contributed by atoms with Crippen molar-refractivity contribution in [1.82, 2.24) is 9.97 Å². The fourth-order valence-corrected chi connectivity index (χ4v) is 2.19. The number of furan rings is 1. The molecule has 0 bridgehead atoms. The molecule has 0 saturated carbocycles. The van der Waals surface area contributed by atoms with Crippen molar-refractivity contribution in [3.63, 3.8) is 0 Å². The first-order valence-electron chi connectivity index (χ1n) is 6.47. The summed E-state index contributed by atoms with van der Waals surface area (Å²) in [7, 11) is 0. The van der Waals surface area contributed by atoms with Crippen LogP contribution in [0.15, 0.2) is 40.8 Å². The molecule has 0 aliphatic heterocycles. The Kier molecular flexibility index (Phi) is 3.02. The third kappa shape index (κ3) is 2.41. The Morgan fingerprint density at radius 2 is 1.80 bits per heavy atom. The first-order valence-corrected chi connectivity index (χ1v) is 6.85. The number of aromatic nitrogens is 2. The zero-order valence-electron chi connectivity index (χ0n) is 11.6. The standard InChI is InChI=1S/C16H15ClN2O/c1-16(2,3)13-9-14(17)19-15(18-13)12-8-10-6-4-5-7-11(10)20-12/h4-9H,1-3H3. The van der Waals surface area contributed by atoms with Crippen molar-refractivity contribution in [2.45, 2.75) is 26.2 Å². The SMILES string of the molecule is CC(C)(C)c1cc(Cl)nc(-c2cc3ccccc3o2)n1. The lowest BCUT2D eigenvalue weighted by atomic mass is 9.92. The average Bonchev–Trinajstić information content (AvgIpc) is 2.80. The monoisotopic (exact) mass is 286 g/mol. The number of hydrogen-bond acceptors (Lipinski definition) is 3. The molecule has 20 heavy (non-hydrogen) atoms. The minimum absolute atomic E-state index is 0.0899. The molecule has 2 heterocycles. The number of para-hydroxylation sites is 1. The van der Waals surface area contributed by atoms with Gasteiger partial charge in [0.05, 0.1) is 5.69 Å². The molecule has 102 valence electrons. The van der Waals surface area contributed by atoms with Crippen LogP contribution in [-0.2, 0) is 5.41 Å². The normalized spacial score (nSPS) is 12.0. The maximum atomic E-state index is 6.11. The van der Waals surface area contributed by atoms with Crippen molar-refractivity contribution in [2.75, 3.05) is 0 Å². The molecule has 0 saturated heterocycles. The summed E-state index contributed by atoms with van der Waals surface area (Å²) in [6.07, 6.45) is 0. The number of halogens is 1. The predicted octanol–water partition coefficient (Wildman–Crippen LogP) is 4.84. The molecule has 3 aromatic rings. The van der Waals surface area contributed by atoms with Gasteiger partial charge in [-0.2, -0.15) is 0 Å². The second kappa shape index (κ2) is 4.60. The highest BCUT2D eigenvalue weighted by Crippen LogP contribution is 2.29. The van der Waals surface area contributed by atoms with Crippen molar-refractivity contribution in [1.29, 1.82) is 0 Å². The molecule has 3 rings (SSSR count). The third-order valence-electron chi connectivity index (χ3n) is 3.11. The van der Waals surface area contributed by atoms with Gasteiger partial charge in [0.15, 0.2) is 11.6 Å². The Labute approximate surface area is 122 Å². The summed E-state index contributed by atoms with van der Waals surface area (Å²) in [5, 5.41) is 1.46. The average molecular weight is 287 g/mol. The van der Waals surface area contributed by atoms with Crippen molar-refractivity contribution >= 4 is 22.6 Å². The molecule has 3 nitrogen and oxygen atoms in total. The van der Waals surface area contributed by atoms with Crippen LogP contribution in [0.1, 0.15) is 26.5 Å². The molecular weight excluding hydrogens is 272 g/mol. The minimum Gasteiger partial charge on any atom is -0.453 e. The zero-order chi connectivity index (χ0) is 14.3. The molecule has 0 N–H and O–H groups in total. The van der Waals surface area contributed by atoms with Crippen molar-refractivity contribution < 1.29 is 4.42 Å². The highest BCUT2D eigenvalue weighted by molar-refractivity contribution is 6.29. The molecule has 1 aromatic carbocycles. The van der Waals surface area contributed by atoms with Crippen LogP contribution in [0.25, 0.3) is 22.6 Å². The molecule has 4 heteroatoms. The fraction of sp³-hybridized carbons (Fsp3) is 0.250. The molecule has 0 spiro atoms. The van der Waals surface area contributed by atoms with Crippen LogP contribution in [0.5, 0.6) is 0 Å². The van der Waals surface area contributed by atoms with Gasteiger partial charge in [-0.25, -0.2) is 9.97 Å². The number of rotatable bonds is 1. The lowest BCUT2D eigenvalue weighted by Gasteiger charge is -2.17. The van der Waals surface area contributed by atoms with Gasteiger partial charge in [-0.3, -0.25) is 0 Å². The van der Waals surface area contributed by atoms with E-state index in [2.05, 4.69) is 30.7 Å². The summed E-state index contributed by atoms with van der Waals surface area (Å²) in [4.78, 5) is 8.85. The number of nitrogens with zero attached hydrogens (tertiary/aromatic N) is 2. The van der Waals surface area contributed by atoms with Gasteiger partial charge in [0.1, 0.15) is 10.7 Å². The summed E-state index contributed by atoms with van der Waals surface area (Å²) in [5.41, 5.74) is 1.63. The van der Waals surface area contributed by atoms with Gasteiger partial charge in [-0.05, 0) is 18.2 Å². The summed E-state index contributed by atoms with van der Waals surface area (Å²) in [5.74, 6) is 1.16. The van der Waals surface area contributed by atoms with Crippen LogP contribution in [0, 0.1) is 0 Å². The van der Waals surface area contributed by atoms with Gasteiger partial charge < -0.3 is 4.42 Å². The van der Waals surface area contributed by atoms with E-state index >= 15 is 0 Å². The quantitative estimate of drug-likeness (QED) is 0.601. The van der Waals surface area contributed by atoms with Gasteiger partial charge in [0, 0.05) is 10.8 Å². The maximum absolute atomic E-state index is 6.11. The van der Waals surface area contributed by atoms with E-state index in [1.165, 1.54) is 0 Å². The second-order valence-corrected chi connectivity index (χ2v) is 6.19. The van der Waals surface area contributed by atoms with Crippen LogP contribution in [0.4, 0.5) is 0 Å². The first-order chi connectivity index (χ1) is 9.43. The Balaban J connectivity index is 2.16. The molecule has 0 aliphatic carbocycles. The minimum atomic E-state index is -0.0899. The first kappa shape index (κ1) is 13.1. The van der Waals surface area contributed by atoms with E-state index in [1.54, 1.807) is 6.07 Å². The Morgan fingerprint density at radius 1 is 1.05 bits per heavy atom. The molecule has 0 amide bonds. The maximum Gasteiger partial charge on any atom is 0.197 e. The highest BCUT2D eigenvalue weighted by Gasteiger charge is 2.19. The molecule has 0 radical (unpaired) electrons. The largest absolute Gasteiger partial charge is 0.453 e. The smallest absolute Gasteiger partial charge is 0.197 e.